The van der Waals surface area contributed by atoms with Crippen molar-refractivity contribution in [2.24, 2.45) is 5.92 Å². The van der Waals surface area contributed by atoms with E-state index in [0.717, 1.165) is 44.3 Å². The molecule has 2 fully saturated rings. The highest BCUT2D eigenvalue weighted by molar-refractivity contribution is 5.89. The molecule has 4 rings (SSSR count). The molecule has 0 amide bonds. The van der Waals surface area contributed by atoms with Crippen molar-refractivity contribution in [2.45, 2.75) is 51.4 Å². The lowest BCUT2D eigenvalue weighted by Gasteiger charge is -2.28. The maximum Gasteiger partial charge on any atom is 0.420 e. The molecule has 1 aliphatic carbocycles. The summed E-state index contributed by atoms with van der Waals surface area (Å²) < 4.78 is 53.5. The van der Waals surface area contributed by atoms with Crippen LogP contribution in [0.1, 0.15) is 43.7 Å². The fraction of sp³-hybridized carbons (Fsp3) is 0.565. The van der Waals surface area contributed by atoms with Crippen molar-refractivity contribution in [3.63, 3.8) is 0 Å². The molecule has 2 aromatic rings. The number of ether oxygens (including phenoxy) is 2. The van der Waals surface area contributed by atoms with Crippen LogP contribution in [0.4, 0.5) is 13.2 Å². The fourth-order valence-corrected chi connectivity index (χ4v) is 4.38. The van der Waals surface area contributed by atoms with Crippen LogP contribution < -0.4 is 4.74 Å². The third-order valence-corrected chi connectivity index (χ3v) is 6.10. The van der Waals surface area contributed by atoms with Crippen LogP contribution in [0.3, 0.4) is 0 Å². The van der Waals surface area contributed by atoms with Crippen LogP contribution in [0.2, 0.25) is 0 Å². The van der Waals surface area contributed by atoms with Crippen molar-refractivity contribution >= 4 is 10.8 Å². The molecule has 0 aromatic heterocycles. The SMILES string of the molecule is CC1CCC(Oc2ccc3ccc(CN4CCOCC4)cc3c2C(F)(F)F)CC1. The summed E-state index contributed by atoms with van der Waals surface area (Å²) in [4.78, 5) is 2.21. The monoisotopic (exact) mass is 407 g/mol. The number of alkyl halides is 3. The van der Waals surface area contributed by atoms with E-state index in [4.69, 9.17) is 9.47 Å². The van der Waals surface area contributed by atoms with Crippen molar-refractivity contribution in [1.29, 1.82) is 0 Å². The predicted octanol–water partition coefficient (Wildman–Crippen LogP) is 5.65. The molecule has 0 radical (unpaired) electrons. The first-order chi connectivity index (χ1) is 13.9. The average molecular weight is 407 g/mol. The van der Waals surface area contributed by atoms with Crippen LogP contribution in [-0.4, -0.2) is 37.3 Å². The molecule has 1 aliphatic heterocycles. The number of hydrogen-bond acceptors (Lipinski definition) is 3. The Morgan fingerprint density at radius 2 is 1.72 bits per heavy atom. The third-order valence-electron chi connectivity index (χ3n) is 6.10. The quantitative estimate of drug-likeness (QED) is 0.654. The van der Waals surface area contributed by atoms with Crippen LogP contribution in [0.15, 0.2) is 30.3 Å². The molecule has 0 N–H and O–H groups in total. The molecular weight excluding hydrogens is 379 g/mol. The lowest BCUT2D eigenvalue weighted by Crippen LogP contribution is -2.35. The molecule has 0 spiro atoms. The zero-order valence-corrected chi connectivity index (χ0v) is 16.8. The van der Waals surface area contributed by atoms with Gasteiger partial charge in [0.05, 0.1) is 19.3 Å². The average Bonchev–Trinajstić information content (AvgIpc) is 2.69. The van der Waals surface area contributed by atoms with Gasteiger partial charge in [-0.1, -0.05) is 25.1 Å². The van der Waals surface area contributed by atoms with E-state index >= 15 is 0 Å². The number of rotatable bonds is 4. The Hall–Kier alpha value is -1.79. The summed E-state index contributed by atoms with van der Waals surface area (Å²) in [6.07, 6.45) is -0.969. The van der Waals surface area contributed by atoms with E-state index in [0.29, 0.717) is 31.1 Å². The van der Waals surface area contributed by atoms with Crippen molar-refractivity contribution in [2.75, 3.05) is 26.3 Å². The molecule has 0 bridgehead atoms. The molecule has 29 heavy (non-hydrogen) atoms. The predicted molar refractivity (Wildman–Crippen MR) is 107 cm³/mol. The minimum absolute atomic E-state index is 0.0342. The number of morpholine rings is 1. The highest BCUT2D eigenvalue weighted by atomic mass is 19.4. The first-order valence-corrected chi connectivity index (χ1v) is 10.5. The first-order valence-electron chi connectivity index (χ1n) is 10.5. The Morgan fingerprint density at radius 3 is 2.41 bits per heavy atom. The summed E-state index contributed by atoms with van der Waals surface area (Å²) in [7, 11) is 0. The van der Waals surface area contributed by atoms with E-state index in [2.05, 4.69) is 11.8 Å². The van der Waals surface area contributed by atoms with Gasteiger partial charge in [0.15, 0.2) is 0 Å². The van der Waals surface area contributed by atoms with Gasteiger partial charge in [0.2, 0.25) is 0 Å². The van der Waals surface area contributed by atoms with E-state index in [1.807, 2.05) is 6.07 Å². The Labute approximate surface area is 169 Å². The minimum Gasteiger partial charge on any atom is -0.490 e. The van der Waals surface area contributed by atoms with Crippen molar-refractivity contribution in [1.82, 2.24) is 4.90 Å². The van der Waals surface area contributed by atoms with Crippen molar-refractivity contribution < 1.29 is 22.6 Å². The van der Waals surface area contributed by atoms with Gasteiger partial charge in [-0.2, -0.15) is 13.2 Å². The van der Waals surface area contributed by atoms with Gasteiger partial charge in [-0.15, -0.1) is 0 Å². The van der Waals surface area contributed by atoms with E-state index in [1.165, 1.54) is 6.07 Å². The second-order valence-corrected chi connectivity index (χ2v) is 8.38. The fourth-order valence-electron chi connectivity index (χ4n) is 4.38. The van der Waals surface area contributed by atoms with Crippen molar-refractivity contribution in [3.05, 3.63) is 41.5 Å². The number of hydrogen-bond donors (Lipinski definition) is 0. The van der Waals surface area contributed by atoms with Crippen LogP contribution in [-0.2, 0) is 17.5 Å². The molecule has 1 saturated carbocycles. The molecule has 6 heteroatoms. The molecule has 158 valence electrons. The molecule has 3 nitrogen and oxygen atoms in total. The van der Waals surface area contributed by atoms with Crippen molar-refractivity contribution in [3.8, 4) is 5.75 Å². The molecule has 1 heterocycles. The van der Waals surface area contributed by atoms with E-state index in [1.54, 1.807) is 18.2 Å². The van der Waals surface area contributed by atoms with Gasteiger partial charge in [-0.25, -0.2) is 0 Å². The Morgan fingerprint density at radius 1 is 1.03 bits per heavy atom. The summed E-state index contributed by atoms with van der Waals surface area (Å²) >= 11 is 0. The van der Waals surface area contributed by atoms with Gasteiger partial charge in [-0.3, -0.25) is 4.90 Å². The van der Waals surface area contributed by atoms with Crippen LogP contribution >= 0.6 is 0 Å². The van der Waals surface area contributed by atoms with Gasteiger partial charge in [0.1, 0.15) is 11.3 Å². The zero-order valence-electron chi connectivity index (χ0n) is 16.8. The van der Waals surface area contributed by atoms with Gasteiger partial charge in [0.25, 0.3) is 0 Å². The summed E-state index contributed by atoms with van der Waals surface area (Å²) in [5.74, 6) is 0.587. The van der Waals surface area contributed by atoms with E-state index < -0.39 is 11.7 Å². The highest BCUT2D eigenvalue weighted by Gasteiger charge is 2.37. The van der Waals surface area contributed by atoms with Gasteiger partial charge in [0, 0.05) is 19.6 Å². The van der Waals surface area contributed by atoms with E-state index in [-0.39, 0.29) is 17.2 Å². The van der Waals surface area contributed by atoms with Gasteiger partial charge >= 0.3 is 6.18 Å². The maximum atomic E-state index is 14.1. The molecular formula is C23H28F3NO2. The van der Waals surface area contributed by atoms with Crippen LogP contribution in [0, 0.1) is 5.92 Å². The Bertz CT molecular complexity index is 838. The van der Waals surface area contributed by atoms with Crippen LogP contribution in [0.5, 0.6) is 5.75 Å². The zero-order chi connectivity index (χ0) is 20.4. The second-order valence-electron chi connectivity index (χ2n) is 8.38. The first kappa shape index (κ1) is 20.5. The Balaban J connectivity index is 1.66. The number of halogens is 3. The summed E-state index contributed by atoms with van der Waals surface area (Å²) in [6.45, 7) is 5.74. The summed E-state index contributed by atoms with van der Waals surface area (Å²) in [5.41, 5.74) is 0.242. The molecule has 2 aromatic carbocycles. The normalized spacial score (nSPS) is 24.0. The summed E-state index contributed by atoms with van der Waals surface area (Å²) in [5, 5.41) is 0.817. The number of benzene rings is 2. The number of nitrogens with zero attached hydrogens (tertiary/aromatic N) is 1. The standard InChI is InChI=1S/C23H28F3NO2/c1-16-2-7-19(8-3-16)29-21-9-6-18-5-4-17(15-27-10-12-28-13-11-27)14-20(18)22(21)23(24,25)26/h4-6,9,14,16,19H,2-3,7-8,10-13,15H2,1H3. The maximum absolute atomic E-state index is 14.1. The molecule has 0 atom stereocenters. The largest absolute Gasteiger partial charge is 0.490 e. The smallest absolute Gasteiger partial charge is 0.420 e. The minimum atomic E-state index is -4.46. The Kier molecular flexibility index (Phi) is 6.02. The van der Waals surface area contributed by atoms with E-state index in [9.17, 15) is 13.2 Å². The van der Waals surface area contributed by atoms with Gasteiger partial charge < -0.3 is 9.47 Å². The third kappa shape index (κ3) is 4.86. The lowest BCUT2D eigenvalue weighted by atomic mass is 9.89. The molecule has 0 unspecified atom stereocenters. The van der Waals surface area contributed by atoms with Gasteiger partial charge in [-0.05, 0) is 60.1 Å². The highest BCUT2D eigenvalue weighted by Crippen LogP contribution is 2.43. The second kappa shape index (κ2) is 8.52. The molecule has 1 saturated heterocycles. The lowest BCUT2D eigenvalue weighted by molar-refractivity contribution is -0.138. The number of fused-ring (bicyclic) bond motifs is 1. The topological polar surface area (TPSA) is 21.7 Å². The molecule has 2 aliphatic rings. The van der Waals surface area contributed by atoms with Crippen LogP contribution in [0.25, 0.3) is 10.8 Å². The summed E-state index contributed by atoms with van der Waals surface area (Å²) in [6, 6.07) is 8.62.